The third-order valence-electron chi connectivity index (χ3n) is 4.25. The van der Waals surface area contributed by atoms with Gasteiger partial charge < -0.3 is 13.7 Å². The zero-order chi connectivity index (χ0) is 17.9. The highest BCUT2D eigenvalue weighted by molar-refractivity contribution is 7.07. The molecule has 0 fully saturated rings. The van der Waals surface area contributed by atoms with Crippen LogP contribution >= 0.6 is 11.3 Å². The normalized spacial score (nSPS) is 13.4. The smallest absolute Gasteiger partial charge is 0.190 e. The molecular formula is C21H20N2O2S. The van der Waals surface area contributed by atoms with Gasteiger partial charge in [-0.05, 0) is 31.2 Å². The lowest BCUT2D eigenvalue weighted by atomic mass is 10.2. The maximum Gasteiger partial charge on any atom is 0.190 e. The molecule has 0 N–H and O–H groups in total. The van der Waals surface area contributed by atoms with Crippen LogP contribution in [0, 0.1) is 0 Å². The Morgan fingerprint density at radius 3 is 2.65 bits per heavy atom. The summed E-state index contributed by atoms with van der Waals surface area (Å²) < 4.78 is 13.7. The standard InChI is InChI=1S/C21H20N2O2S/c1-15(13-24-2)23-18(20-12-16-8-6-7-11-19(16)25-20)14-26-21(23)22-17-9-4-3-5-10-17/h3-12,14-15H,13H2,1-2H3. The van der Waals surface area contributed by atoms with Crippen LogP contribution in [-0.2, 0) is 4.74 Å². The number of benzene rings is 2. The topological polar surface area (TPSA) is 39.7 Å². The van der Waals surface area contributed by atoms with Crippen molar-refractivity contribution in [1.82, 2.24) is 4.57 Å². The van der Waals surface area contributed by atoms with Crippen molar-refractivity contribution in [3.05, 3.63) is 70.8 Å². The lowest BCUT2D eigenvalue weighted by Gasteiger charge is -2.15. The van der Waals surface area contributed by atoms with E-state index in [1.165, 1.54) is 0 Å². The van der Waals surface area contributed by atoms with Gasteiger partial charge in [0.25, 0.3) is 0 Å². The highest BCUT2D eigenvalue weighted by atomic mass is 32.1. The number of ether oxygens (including phenoxy) is 1. The Morgan fingerprint density at radius 2 is 1.88 bits per heavy atom. The minimum absolute atomic E-state index is 0.136. The van der Waals surface area contributed by atoms with Crippen molar-refractivity contribution >= 4 is 28.0 Å². The van der Waals surface area contributed by atoms with E-state index < -0.39 is 0 Å². The number of para-hydroxylation sites is 2. The van der Waals surface area contributed by atoms with Gasteiger partial charge in [0.05, 0.1) is 24.0 Å². The van der Waals surface area contributed by atoms with Crippen molar-refractivity contribution in [3.63, 3.8) is 0 Å². The van der Waals surface area contributed by atoms with Crippen molar-refractivity contribution in [1.29, 1.82) is 0 Å². The molecule has 0 aliphatic rings. The predicted octanol–water partition coefficient (Wildman–Crippen LogP) is 5.40. The summed E-state index contributed by atoms with van der Waals surface area (Å²) in [6, 6.07) is 20.3. The van der Waals surface area contributed by atoms with Gasteiger partial charge in [-0.2, -0.15) is 0 Å². The van der Waals surface area contributed by atoms with Crippen LogP contribution in [0.15, 0.2) is 75.5 Å². The Labute approximate surface area is 156 Å². The highest BCUT2D eigenvalue weighted by Crippen LogP contribution is 2.30. The Kier molecular flexibility index (Phi) is 4.73. The summed E-state index contributed by atoms with van der Waals surface area (Å²) in [4.78, 5) is 5.76. The molecule has 0 bridgehead atoms. The van der Waals surface area contributed by atoms with Gasteiger partial charge in [-0.3, -0.25) is 0 Å². The fraction of sp³-hybridized carbons (Fsp3) is 0.190. The van der Waals surface area contributed by atoms with Crippen LogP contribution in [0.4, 0.5) is 5.69 Å². The summed E-state index contributed by atoms with van der Waals surface area (Å²) in [6.07, 6.45) is 0. The first-order valence-corrected chi connectivity index (χ1v) is 9.42. The van der Waals surface area contributed by atoms with E-state index in [2.05, 4.69) is 29.0 Å². The van der Waals surface area contributed by atoms with E-state index in [9.17, 15) is 0 Å². The van der Waals surface area contributed by atoms with E-state index in [1.807, 2.05) is 48.5 Å². The number of rotatable bonds is 5. The van der Waals surface area contributed by atoms with Crippen molar-refractivity contribution < 1.29 is 9.15 Å². The lowest BCUT2D eigenvalue weighted by molar-refractivity contribution is 0.161. The minimum Gasteiger partial charge on any atom is -0.454 e. The number of aromatic nitrogens is 1. The van der Waals surface area contributed by atoms with Gasteiger partial charge in [0.15, 0.2) is 10.6 Å². The van der Waals surface area contributed by atoms with Crippen molar-refractivity contribution in [2.24, 2.45) is 4.99 Å². The number of fused-ring (bicyclic) bond motifs is 1. The van der Waals surface area contributed by atoms with Crippen LogP contribution in [0.1, 0.15) is 13.0 Å². The summed E-state index contributed by atoms with van der Waals surface area (Å²) in [5, 5.41) is 3.20. The zero-order valence-electron chi connectivity index (χ0n) is 14.8. The SMILES string of the molecule is COCC(C)n1c(-c2cc3ccccc3o2)csc1=Nc1ccccc1. The summed E-state index contributed by atoms with van der Waals surface area (Å²) in [5.41, 5.74) is 2.84. The maximum absolute atomic E-state index is 6.09. The molecule has 1 unspecified atom stereocenters. The molecule has 0 radical (unpaired) electrons. The van der Waals surface area contributed by atoms with Gasteiger partial charge in [-0.1, -0.05) is 36.4 Å². The molecule has 2 aromatic heterocycles. The van der Waals surface area contributed by atoms with E-state index in [4.69, 9.17) is 14.1 Å². The van der Waals surface area contributed by atoms with Crippen LogP contribution in [0.2, 0.25) is 0 Å². The molecule has 5 heteroatoms. The fourth-order valence-electron chi connectivity index (χ4n) is 3.04. The molecule has 4 aromatic rings. The average molecular weight is 364 g/mol. The zero-order valence-corrected chi connectivity index (χ0v) is 15.6. The molecule has 2 heterocycles. The number of furan rings is 1. The number of hydrogen-bond donors (Lipinski definition) is 0. The summed E-state index contributed by atoms with van der Waals surface area (Å²) in [7, 11) is 1.72. The molecule has 0 aliphatic heterocycles. The summed E-state index contributed by atoms with van der Waals surface area (Å²) in [6.45, 7) is 2.73. The number of methoxy groups -OCH3 is 1. The van der Waals surface area contributed by atoms with Crippen molar-refractivity contribution in [2.45, 2.75) is 13.0 Å². The minimum atomic E-state index is 0.136. The molecule has 0 spiro atoms. The summed E-state index contributed by atoms with van der Waals surface area (Å²) >= 11 is 1.61. The highest BCUT2D eigenvalue weighted by Gasteiger charge is 2.17. The average Bonchev–Trinajstić information content (AvgIpc) is 3.26. The second kappa shape index (κ2) is 7.32. The van der Waals surface area contributed by atoms with E-state index in [0.717, 1.165) is 32.9 Å². The Morgan fingerprint density at radius 1 is 1.12 bits per heavy atom. The number of nitrogens with zero attached hydrogens (tertiary/aromatic N) is 2. The lowest BCUT2D eigenvalue weighted by Crippen LogP contribution is -2.22. The Bertz CT molecular complexity index is 1040. The monoisotopic (exact) mass is 364 g/mol. The molecular weight excluding hydrogens is 344 g/mol. The summed E-state index contributed by atoms with van der Waals surface area (Å²) in [5.74, 6) is 0.847. The van der Waals surface area contributed by atoms with Gasteiger partial charge in [0.1, 0.15) is 5.58 Å². The second-order valence-electron chi connectivity index (χ2n) is 6.17. The van der Waals surface area contributed by atoms with Crippen LogP contribution in [-0.4, -0.2) is 18.3 Å². The van der Waals surface area contributed by atoms with Crippen molar-refractivity contribution in [2.75, 3.05) is 13.7 Å². The van der Waals surface area contributed by atoms with Crippen LogP contribution in [0.5, 0.6) is 0 Å². The van der Waals surface area contributed by atoms with Crippen LogP contribution in [0.3, 0.4) is 0 Å². The Balaban J connectivity index is 1.88. The fourth-order valence-corrected chi connectivity index (χ4v) is 4.04. The van der Waals surface area contributed by atoms with Crippen LogP contribution in [0.25, 0.3) is 22.4 Å². The van der Waals surface area contributed by atoms with Gasteiger partial charge in [0, 0.05) is 17.9 Å². The molecule has 0 saturated heterocycles. The first-order chi connectivity index (χ1) is 12.8. The van der Waals surface area contributed by atoms with E-state index in [1.54, 1.807) is 18.4 Å². The van der Waals surface area contributed by atoms with Gasteiger partial charge in [0.2, 0.25) is 0 Å². The first kappa shape index (κ1) is 16.8. The van der Waals surface area contributed by atoms with Gasteiger partial charge >= 0.3 is 0 Å². The van der Waals surface area contributed by atoms with Gasteiger partial charge in [-0.15, -0.1) is 11.3 Å². The molecule has 0 saturated carbocycles. The third kappa shape index (κ3) is 3.23. The molecule has 2 aromatic carbocycles. The van der Waals surface area contributed by atoms with E-state index in [-0.39, 0.29) is 6.04 Å². The van der Waals surface area contributed by atoms with Gasteiger partial charge in [-0.25, -0.2) is 4.99 Å². The van der Waals surface area contributed by atoms with Crippen molar-refractivity contribution in [3.8, 4) is 11.5 Å². The Hall–Kier alpha value is -2.63. The molecule has 1 atom stereocenters. The largest absolute Gasteiger partial charge is 0.454 e. The number of thiazole rings is 1. The first-order valence-electron chi connectivity index (χ1n) is 8.54. The molecule has 4 rings (SSSR count). The molecule has 4 nitrogen and oxygen atoms in total. The maximum atomic E-state index is 6.09. The number of hydrogen-bond acceptors (Lipinski definition) is 4. The third-order valence-corrected chi connectivity index (χ3v) is 5.09. The van der Waals surface area contributed by atoms with Crippen LogP contribution < -0.4 is 4.80 Å². The van der Waals surface area contributed by atoms with E-state index >= 15 is 0 Å². The van der Waals surface area contributed by atoms with E-state index in [0.29, 0.717) is 6.61 Å². The second-order valence-corrected chi connectivity index (χ2v) is 7.01. The molecule has 132 valence electrons. The molecule has 0 amide bonds. The quantitative estimate of drug-likeness (QED) is 0.475. The predicted molar refractivity (Wildman–Crippen MR) is 106 cm³/mol. The molecule has 0 aliphatic carbocycles. The molecule has 26 heavy (non-hydrogen) atoms.